The van der Waals surface area contributed by atoms with Crippen LogP contribution in [0.1, 0.15) is 31.2 Å². The summed E-state index contributed by atoms with van der Waals surface area (Å²) in [5.74, 6) is 1.14. The Labute approximate surface area is 176 Å². The minimum Gasteiger partial charge on any atom is -0.493 e. The van der Waals surface area contributed by atoms with Crippen LogP contribution in [0.25, 0.3) is 0 Å². The fraction of sp³-hybridized carbons (Fsp3) is 0.435. The quantitative estimate of drug-likeness (QED) is 0.742. The fourth-order valence-corrected chi connectivity index (χ4v) is 4.73. The molecule has 2 saturated heterocycles. The molecule has 6 heteroatoms. The molecule has 154 valence electrons. The number of rotatable bonds is 7. The van der Waals surface area contributed by atoms with Gasteiger partial charge in [0.2, 0.25) is 0 Å². The molecule has 2 bridgehead atoms. The molecule has 4 rings (SSSR count). The minimum atomic E-state index is -0.0774. The number of ether oxygens (including phenoxy) is 2. The highest BCUT2D eigenvalue weighted by Gasteiger charge is 2.40. The molecule has 1 N–H and O–H groups in total. The number of halogens is 1. The lowest BCUT2D eigenvalue weighted by molar-refractivity contribution is -0.124. The van der Waals surface area contributed by atoms with Crippen LogP contribution in [-0.2, 0) is 11.3 Å². The maximum absolute atomic E-state index is 12.4. The zero-order chi connectivity index (χ0) is 20.2. The number of nitrogens with zero attached hydrogens (tertiary/aromatic N) is 1. The van der Waals surface area contributed by atoms with Crippen molar-refractivity contribution >= 4 is 17.5 Å². The van der Waals surface area contributed by atoms with Crippen molar-refractivity contribution in [2.24, 2.45) is 0 Å². The van der Waals surface area contributed by atoms with Crippen molar-refractivity contribution in [3.05, 3.63) is 59.1 Å². The van der Waals surface area contributed by atoms with E-state index < -0.39 is 0 Å². The molecule has 0 aromatic heterocycles. The first-order valence-electron chi connectivity index (χ1n) is 10.2. The second-order valence-corrected chi connectivity index (χ2v) is 8.30. The first kappa shape index (κ1) is 20.0. The zero-order valence-corrected chi connectivity index (χ0v) is 17.4. The third-order valence-electron chi connectivity index (χ3n) is 5.96. The zero-order valence-electron chi connectivity index (χ0n) is 16.6. The van der Waals surface area contributed by atoms with Gasteiger partial charge in [-0.15, -0.1) is 0 Å². The summed E-state index contributed by atoms with van der Waals surface area (Å²) in [4.78, 5) is 15.0. The van der Waals surface area contributed by atoms with Crippen LogP contribution in [-0.4, -0.2) is 42.6 Å². The van der Waals surface area contributed by atoms with Gasteiger partial charge in [0.25, 0.3) is 5.91 Å². The number of fused-ring (bicyclic) bond motifs is 2. The van der Waals surface area contributed by atoms with Gasteiger partial charge in [0.05, 0.1) is 7.11 Å². The minimum absolute atomic E-state index is 0.000690. The Kier molecular flexibility index (Phi) is 6.26. The van der Waals surface area contributed by atoms with E-state index in [1.165, 1.54) is 18.4 Å². The van der Waals surface area contributed by atoms with Crippen LogP contribution >= 0.6 is 11.6 Å². The highest BCUT2D eigenvalue weighted by atomic mass is 35.5. The molecule has 29 heavy (non-hydrogen) atoms. The number of hydrogen-bond donors (Lipinski definition) is 1. The number of methoxy groups -OCH3 is 1. The standard InChI is InChI=1S/C23H27ClN2O3/c1-28-21-4-2-3-5-22(21)29-15-23(27)25-18-12-19-10-11-20(13-18)26(19)14-16-6-8-17(24)9-7-16/h2-9,18-20H,10-15H2,1H3,(H,25,27). The van der Waals surface area contributed by atoms with Crippen LogP contribution in [0.5, 0.6) is 11.5 Å². The van der Waals surface area contributed by atoms with Crippen LogP contribution in [0.4, 0.5) is 0 Å². The van der Waals surface area contributed by atoms with Crippen molar-refractivity contribution in [1.29, 1.82) is 0 Å². The van der Waals surface area contributed by atoms with Crippen molar-refractivity contribution in [2.75, 3.05) is 13.7 Å². The SMILES string of the molecule is COc1ccccc1OCC(=O)NC1CC2CCC(C1)N2Cc1ccc(Cl)cc1. The summed E-state index contributed by atoms with van der Waals surface area (Å²) in [6.45, 7) is 0.949. The average molecular weight is 415 g/mol. The first-order valence-corrected chi connectivity index (χ1v) is 10.6. The number of piperidine rings is 1. The van der Waals surface area contributed by atoms with E-state index in [9.17, 15) is 4.79 Å². The van der Waals surface area contributed by atoms with Gasteiger partial charge in [0.1, 0.15) is 0 Å². The van der Waals surface area contributed by atoms with E-state index >= 15 is 0 Å². The largest absolute Gasteiger partial charge is 0.493 e. The predicted molar refractivity (Wildman–Crippen MR) is 113 cm³/mol. The summed E-state index contributed by atoms with van der Waals surface area (Å²) in [5, 5.41) is 3.94. The van der Waals surface area contributed by atoms with E-state index in [4.69, 9.17) is 21.1 Å². The predicted octanol–water partition coefficient (Wildman–Crippen LogP) is 4.04. The molecule has 1 amide bonds. The number of carbonyl (C=O) groups excluding carboxylic acids is 1. The van der Waals surface area contributed by atoms with Gasteiger partial charge in [-0.25, -0.2) is 0 Å². The topological polar surface area (TPSA) is 50.8 Å². The van der Waals surface area contributed by atoms with Gasteiger partial charge >= 0.3 is 0 Å². The number of benzene rings is 2. The van der Waals surface area contributed by atoms with Gasteiger partial charge in [-0.3, -0.25) is 9.69 Å². The van der Waals surface area contributed by atoms with E-state index in [1.807, 2.05) is 36.4 Å². The van der Waals surface area contributed by atoms with E-state index in [0.29, 0.717) is 23.6 Å². The number of para-hydroxylation sites is 2. The number of nitrogens with one attached hydrogen (secondary N) is 1. The smallest absolute Gasteiger partial charge is 0.258 e. The third kappa shape index (κ3) is 4.85. The number of carbonyl (C=O) groups is 1. The lowest BCUT2D eigenvalue weighted by Crippen LogP contribution is -2.50. The maximum atomic E-state index is 12.4. The van der Waals surface area contributed by atoms with Crippen molar-refractivity contribution < 1.29 is 14.3 Å². The fourth-order valence-electron chi connectivity index (χ4n) is 4.60. The molecule has 5 nitrogen and oxygen atoms in total. The van der Waals surface area contributed by atoms with Crippen LogP contribution in [0.15, 0.2) is 48.5 Å². The molecule has 2 aromatic rings. The van der Waals surface area contributed by atoms with Gasteiger partial charge in [0, 0.05) is 29.7 Å². The summed E-state index contributed by atoms with van der Waals surface area (Å²) in [5.41, 5.74) is 1.29. The van der Waals surface area contributed by atoms with Gasteiger partial charge in [0.15, 0.2) is 18.1 Å². The molecule has 2 heterocycles. The van der Waals surface area contributed by atoms with Crippen molar-refractivity contribution in [3.63, 3.8) is 0 Å². The van der Waals surface area contributed by atoms with E-state index in [1.54, 1.807) is 7.11 Å². The Bertz CT molecular complexity index is 828. The van der Waals surface area contributed by atoms with E-state index in [2.05, 4.69) is 22.3 Å². The molecule has 0 saturated carbocycles. The highest BCUT2D eigenvalue weighted by molar-refractivity contribution is 6.30. The van der Waals surface area contributed by atoms with Crippen LogP contribution < -0.4 is 14.8 Å². The summed E-state index contributed by atoms with van der Waals surface area (Å²) in [6.07, 6.45) is 4.37. The van der Waals surface area contributed by atoms with Crippen LogP contribution in [0.2, 0.25) is 5.02 Å². The monoisotopic (exact) mass is 414 g/mol. The Balaban J connectivity index is 1.28. The van der Waals surface area contributed by atoms with Gasteiger partial charge in [-0.05, 0) is 55.5 Å². The van der Waals surface area contributed by atoms with E-state index in [0.717, 1.165) is 24.4 Å². The number of amides is 1. The first-order chi connectivity index (χ1) is 14.1. The summed E-state index contributed by atoms with van der Waals surface area (Å²) < 4.78 is 10.9. The highest BCUT2D eigenvalue weighted by Crippen LogP contribution is 2.37. The molecule has 2 aliphatic rings. The Morgan fingerprint density at radius 1 is 1.07 bits per heavy atom. The molecule has 2 atom stereocenters. The maximum Gasteiger partial charge on any atom is 0.258 e. The van der Waals surface area contributed by atoms with Gasteiger partial charge < -0.3 is 14.8 Å². The second kappa shape index (κ2) is 9.06. The van der Waals surface area contributed by atoms with Gasteiger partial charge in [-0.2, -0.15) is 0 Å². The molecule has 0 spiro atoms. The molecule has 2 unspecified atom stereocenters. The number of hydrogen-bond acceptors (Lipinski definition) is 4. The van der Waals surface area contributed by atoms with Crippen LogP contribution in [0, 0.1) is 0 Å². The van der Waals surface area contributed by atoms with Crippen molar-refractivity contribution in [3.8, 4) is 11.5 Å². The molecule has 2 fully saturated rings. The van der Waals surface area contributed by atoms with Crippen molar-refractivity contribution in [1.82, 2.24) is 10.2 Å². The molecular weight excluding hydrogens is 388 g/mol. The molecule has 2 aliphatic heterocycles. The van der Waals surface area contributed by atoms with Crippen LogP contribution in [0.3, 0.4) is 0 Å². The third-order valence-corrected chi connectivity index (χ3v) is 6.21. The molecule has 0 aliphatic carbocycles. The average Bonchev–Trinajstić information content (AvgIpc) is 2.96. The van der Waals surface area contributed by atoms with Crippen molar-refractivity contribution in [2.45, 2.75) is 50.4 Å². The molecule has 2 aromatic carbocycles. The summed E-state index contributed by atoms with van der Waals surface area (Å²) in [6, 6.07) is 16.7. The summed E-state index contributed by atoms with van der Waals surface area (Å²) in [7, 11) is 1.59. The Morgan fingerprint density at radius 2 is 1.72 bits per heavy atom. The normalized spacial score (nSPS) is 23.6. The molecular formula is C23H27ClN2O3. The second-order valence-electron chi connectivity index (χ2n) is 7.86. The summed E-state index contributed by atoms with van der Waals surface area (Å²) >= 11 is 6.00. The lowest BCUT2D eigenvalue weighted by atomic mass is 9.96. The lowest BCUT2D eigenvalue weighted by Gasteiger charge is -2.39. The molecule has 0 radical (unpaired) electrons. The van der Waals surface area contributed by atoms with Gasteiger partial charge in [-0.1, -0.05) is 35.9 Å². The van der Waals surface area contributed by atoms with E-state index in [-0.39, 0.29) is 18.6 Å². The Hall–Kier alpha value is -2.24. The Morgan fingerprint density at radius 3 is 2.38 bits per heavy atom.